The smallest absolute Gasteiger partial charge is 0.444 e. The van der Waals surface area contributed by atoms with Crippen LogP contribution < -0.4 is 4.90 Å². The molecule has 1 aromatic heterocycles. The van der Waals surface area contributed by atoms with Gasteiger partial charge in [-0.1, -0.05) is 12.1 Å². The SMILES string of the molecule is CC(C)(C)OC(=O)N1CCCN(c2nc3ccccc3n2CCOC(F)(F)F)CC1. The second-order valence-electron chi connectivity index (χ2n) is 8.15. The zero-order chi connectivity index (χ0) is 21.9. The molecule has 10 heteroatoms. The molecule has 1 fully saturated rings. The largest absolute Gasteiger partial charge is 0.522 e. The van der Waals surface area contributed by atoms with E-state index >= 15 is 0 Å². The number of carbonyl (C=O) groups excluding carboxylic acids is 1. The summed E-state index contributed by atoms with van der Waals surface area (Å²) in [6, 6.07) is 7.30. The van der Waals surface area contributed by atoms with Crippen molar-refractivity contribution in [1.29, 1.82) is 0 Å². The number of benzene rings is 1. The summed E-state index contributed by atoms with van der Waals surface area (Å²) in [5, 5.41) is 0. The fourth-order valence-electron chi connectivity index (χ4n) is 3.40. The highest BCUT2D eigenvalue weighted by Crippen LogP contribution is 2.25. The molecule has 0 spiro atoms. The lowest BCUT2D eigenvalue weighted by atomic mass is 10.2. The highest BCUT2D eigenvalue weighted by atomic mass is 19.4. The molecular formula is C20H27F3N4O3. The minimum absolute atomic E-state index is 0.0155. The Morgan fingerprint density at radius 3 is 2.53 bits per heavy atom. The van der Waals surface area contributed by atoms with E-state index in [1.165, 1.54) is 0 Å². The number of ether oxygens (including phenoxy) is 2. The highest BCUT2D eigenvalue weighted by Gasteiger charge is 2.30. The van der Waals surface area contributed by atoms with Gasteiger partial charge in [0.05, 0.1) is 17.6 Å². The van der Waals surface area contributed by atoms with Crippen molar-refractivity contribution in [3.8, 4) is 0 Å². The van der Waals surface area contributed by atoms with Gasteiger partial charge in [-0.25, -0.2) is 9.78 Å². The normalized spacial score (nSPS) is 16.1. The number of hydrogen-bond acceptors (Lipinski definition) is 5. The van der Waals surface area contributed by atoms with Crippen LogP contribution in [0.2, 0.25) is 0 Å². The monoisotopic (exact) mass is 428 g/mol. The molecule has 2 aromatic rings. The van der Waals surface area contributed by atoms with Crippen LogP contribution in [0.5, 0.6) is 0 Å². The molecule has 2 heterocycles. The quantitative estimate of drug-likeness (QED) is 0.736. The Kier molecular flexibility index (Phi) is 6.44. The van der Waals surface area contributed by atoms with Gasteiger partial charge in [-0.05, 0) is 39.3 Å². The van der Waals surface area contributed by atoms with Crippen molar-refractivity contribution in [3.05, 3.63) is 24.3 Å². The Bertz CT molecular complexity index is 876. The van der Waals surface area contributed by atoms with Crippen LogP contribution in [0.4, 0.5) is 23.9 Å². The number of amides is 1. The van der Waals surface area contributed by atoms with E-state index in [0.717, 1.165) is 5.52 Å². The van der Waals surface area contributed by atoms with Gasteiger partial charge in [0.1, 0.15) is 5.60 Å². The Balaban J connectivity index is 1.77. The number of rotatable bonds is 4. The summed E-state index contributed by atoms with van der Waals surface area (Å²) in [6.07, 6.45) is -4.34. The Morgan fingerprint density at radius 2 is 1.83 bits per heavy atom. The number of alkyl halides is 3. The first-order valence-electron chi connectivity index (χ1n) is 9.92. The van der Waals surface area contributed by atoms with E-state index in [0.29, 0.717) is 44.1 Å². The topological polar surface area (TPSA) is 59.8 Å². The van der Waals surface area contributed by atoms with Gasteiger partial charge in [0.15, 0.2) is 0 Å². The van der Waals surface area contributed by atoms with Gasteiger partial charge >= 0.3 is 12.5 Å². The predicted octanol–water partition coefficient (Wildman–Crippen LogP) is 4.02. The van der Waals surface area contributed by atoms with Crippen molar-refractivity contribution in [3.63, 3.8) is 0 Å². The average Bonchev–Trinajstić information content (AvgIpc) is 2.82. The zero-order valence-corrected chi connectivity index (χ0v) is 17.4. The van der Waals surface area contributed by atoms with Crippen molar-refractivity contribution < 1.29 is 27.4 Å². The van der Waals surface area contributed by atoms with E-state index in [4.69, 9.17) is 4.74 Å². The molecule has 0 atom stereocenters. The molecule has 0 N–H and O–H groups in total. The summed E-state index contributed by atoms with van der Waals surface area (Å²) < 4.78 is 48.5. The molecule has 0 unspecified atom stereocenters. The maximum Gasteiger partial charge on any atom is 0.522 e. The lowest BCUT2D eigenvalue weighted by molar-refractivity contribution is -0.325. The number of carbonyl (C=O) groups is 1. The molecule has 0 aliphatic carbocycles. The molecule has 7 nitrogen and oxygen atoms in total. The number of hydrogen-bond donors (Lipinski definition) is 0. The molecule has 166 valence electrons. The van der Waals surface area contributed by atoms with Gasteiger partial charge in [0, 0.05) is 32.7 Å². The minimum atomic E-state index is -4.67. The predicted molar refractivity (Wildman–Crippen MR) is 106 cm³/mol. The molecule has 0 radical (unpaired) electrons. The highest BCUT2D eigenvalue weighted by molar-refractivity contribution is 5.79. The second-order valence-corrected chi connectivity index (χ2v) is 8.15. The van der Waals surface area contributed by atoms with Crippen LogP contribution in [0.1, 0.15) is 27.2 Å². The van der Waals surface area contributed by atoms with Gasteiger partial charge in [0.2, 0.25) is 5.95 Å². The van der Waals surface area contributed by atoms with E-state index in [2.05, 4.69) is 9.72 Å². The lowest BCUT2D eigenvalue weighted by Gasteiger charge is -2.26. The van der Waals surface area contributed by atoms with Crippen molar-refractivity contribution >= 4 is 23.1 Å². The summed E-state index contributed by atoms with van der Waals surface area (Å²) in [5.74, 6) is 0.577. The molecule has 3 rings (SSSR count). The summed E-state index contributed by atoms with van der Waals surface area (Å²) in [7, 11) is 0. The van der Waals surface area contributed by atoms with Gasteiger partial charge in [-0.15, -0.1) is 13.2 Å². The van der Waals surface area contributed by atoms with Gasteiger partial charge in [-0.2, -0.15) is 0 Å². The summed E-state index contributed by atoms with van der Waals surface area (Å²) in [6.45, 7) is 7.09. The van der Waals surface area contributed by atoms with E-state index in [9.17, 15) is 18.0 Å². The van der Waals surface area contributed by atoms with E-state index in [1.807, 2.05) is 49.9 Å². The van der Waals surface area contributed by atoms with Gasteiger partial charge < -0.3 is 19.1 Å². The van der Waals surface area contributed by atoms with Crippen LogP contribution in [0.15, 0.2) is 24.3 Å². The number of anilines is 1. The van der Waals surface area contributed by atoms with Crippen LogP contribution in [0, 0.1) is 0 Å². The fraction of sp³-hybridized carbons (Fsp3) is 0.600. The Hall–Kier alpha value is -2.49. The van der Waals surface area contributed by atoms with Gasteiger partial charge in [0.25, 0.3) is 0 Å². The third kappa shape index (κ3) is 5.78. The molecule has 0 saturated carbocycles. The maximum atomic E-state index is 12.4. The standard InChI is InChI=1S/C20H27F3N4O3/c1-19(2,3)30-18(28)26-10-6-9-25(11-12-26)17-24-15-7-4-5-8-16(15)27(17)13-14-29-20(21,22)23/h4-5,7-8H,6,9-14H2,1-3H3. The minimum Gasteiger partial charge on any atom is -0.444 e. The van der Waals surface area contributed by atoms with Crippen molar-refractivity contribution in [2.24, 2.45) is 0 Å². The molecular weight excluding hydrogens is 401 g/mol. The Labute approximate surface area is 173 Å². The number of aromatic nitrogens is 2. The summed E-state index contributed by atoms with van der Waals surface area (Å²) in [4.78, 5) is 20.7. The van der Waals surface area contributed by atoms with Crippen molar-refractivity contribution in [2.45, 2.75) is 45.7 Å². The third-order valence-corrected chi connectivity index (χ3v) is 4.65. The Morgan fingerprint density at radius 1 is 1.10 bits per heavy atom. The first kappa shape index (κ1) is 22.2. The van der Waals surface area contributed by atoms with Crippen LogP contribution in [0.3, 0.4) is 0 Å². The van der Waals surface area contributed by atoms with Crippen LogP contribution >= 0.6 is 0 Å². The van der Waals surface area contributed by atoms with E-state index in [-0.39, 0.29) is 12.6 Å². The summed E-state index contributed by atoms with van der Waals surface area (Å²) in [5.41, 5.74) is 0.870. The lowest BCUT2D eigenvalue weighted by Crippen LogP contribution is -2.39. The first-order chi connectivity index (χ1) is 14.0. The second kappa shape index (κ2) is 8.71. The van der Waals surface area contributed by atoms with E-state index < -0.39 is 18.6 Å². The molecule has 1 aromatic carbocycles. The van der Waals surface area contributed by atoms with E-state index in [1.54, 1.807) is 9.47 Å². The molecule has 1 amide bonds. The third-order valence-electron chi connectivity index (χ3n) is 4.65. The number of imidazole rings is 1. The number of fused-ring (bicyclic) bond motifs is 1. The summed E-state index contributed by atoms with van der Waals surface area (Å²) >= 11 is 0. The molecule has 1 saturated heterocycles. The maximum absolute atomic E-state index is 12.4. The molecule has 30 heavy (non-hydrogen) atoms. The van der Waals surface area contributed by atoms with Crippen LogP contribution in [-0.2, 0) is 16.0 Å². The average molecular weight is 428 g/mol. The van der Waals surface area contributed by atoms with Gasteiger partial charge in [-0.3, -0.25) is 4.74 Å². The number of halogens is 3. The number of nitrogens with zero attached hydrogens (tertiary/aromatic N) is 4. The van der Waals surface area contributed by atoms with Crippen molar-refractivity contribution in [1.82, 2.24) is 14.5 Å². The van der Waals surface area contributed by atoms with Crippen LogP contribution in [-0.4, -0.2) is 65.3 Å². The first-order valence-corrected chi connectivity index (χ1v) is 9.92. The van der Waals surface area contributed by atoms with Crippen LogP contribution in [0.25, 0.3) is 11.0 Å². The zero-order valence-electron chi connectivity index (χ0n) is 17.4. The molecule has 0 bridgehead atoms. The fourth-order valence-corrected chi connectivity index (χ4v) is 3.40. The number of para-hydroxylation sites is 2. The molecule has 1 aliphatic rings. The van der Waals surface area contributed by atoms with Crippen molar-refractivity contribution in [2.75, 3.05) is 37.7 Å². The molecule has 1 aliphatic heterocycles.